The van der Waals surface area contributed by atoms with E-state index in [0.29, 0.717) is 29.7 Å². The van der Waals surface area contributed by atoms with E-state index >= 15 is 8.78 Å². The molecule has 0 N–H and O–H groups in total. The van der Waals surface area contributed by atoms with Crippen molar-refractivity contribution < 1.29 is 46.4 Å². The van der Waals surface area contributed by atoms with E-state index in [1.54, 1.807) is 32.2 Å². The Morgan fingerprint density at radius 3 is 2.27 bits per heavy atom. The van der Waals surface area contributed by atoms with Crippen LogP contribution in [0.4, 0.5) is 18.0 Å². The molecular formula is C31H41F3O7. The number of benzene rings is 2. The number of hydrogen-bond acceptors (Lipinski definition) is 7. The fourth-order valence-electron chi connectivity index (χ4n) is 4.60. The highest BCUT2D eigenvalue weighted by atomic mass is 19.3. The maximum atomic E-state index is 15.9. The largest absolute Gasteiger partial charge is 0.508 e. The van der Waals surface area contributed by atoms with Crippen molar-refractivity contribution in [2.75, 3.05) is 33.5 Å². The third-order valence-electron chi connectivity index (χ3n) is 6.89. The molecule has 1 aliphatic rings. The summed E-state index contributed by atoms with van der Waals surface area (Å²) < 4.78 is 79.4. The smallest absolute Gasteiger partial charge is 0.497 e. The van der Waals surface area contributed by atoms with Crippen LogP contribution in [-0.2, 0) is 30.1 Å². The van der Waals surface area contributed by atoms with Gasteiger partial charge in [-0.05, 0) is 60.7 Å². The number of methoxy groups -OCH3 is 1. The van der Waals surface area contributed by atoms with Crippen molar-refractivity contribution in [3.8, 4) is 5.75 Å². The molecule has 3 rings (SSSR count). The van der Waals surface area contributed by atoms with Crippen molar-refractivity contribution in [1.29, 1.82) is 0 Å². The SMILES string of the molecule is CCCCOC1C(c2ccc(F)c(Cc3ccc(OC)cc3)c2)OC(COC(=O)OCC)C(F)(F)C1OCCCC. The Kier molecular flexibility index (Phi) is 12.7. The predicted octanol–water partition coefficient (Wildman–Crippen LogP) is 7.04. The van der Waals surface area contributed by atoms with Crippen molar-refractivity contribution >= 4 is 6.16 Å². The summed E-state index contributed by atoms with van der Waals surface area (Å²) in [6.45, 7) is 5.07. The molecule has 228 valence electrons. The molecule has 0 radical (unpaired) electrons. The average molecular weight is 583 g/mol. The van der Waals surface area contributed by atoms with Gasteiger partial charge in [-0.1, -0.05) is 44.9 Å². The molecule has 7 nitrogen and oxygen atoms in total. The molecular weight excluding hydrogens is 541 g/mol. The Hall–Kier alpha value is -2.82. The van der Waals surface area contributed by atoms with Crippen LogP contribution >= 0.6 is 0 Å². The van der Waals surface area contributed by atoms with Gasteiger partial charge >= 0.3 is 12.1 Å². The molecule has 2 aromatic carbocycles. The summed E-state index contributed by atoms with van der Waals surface area (Å²) in [6.07, 6.45) is -3.78. The molecule has 1 saturated heterocycles. The van der Waals surface area contributed by atoms with Crippen molar-refractivity contribution in [3.63, 3.8) is 0 Å². The van der Waals surface area contributed by atoms with Gasteiger partial charge in [0.25, 0.3) is 0 Å². The summed E-state index contributed by atoms with van der Waals surface area (Å²) >= 11 is 0. The minimum atomic E-state index is -3.56. The van der Waals surface area contributed by atoms with Gasteiger partial charge < -0.3 is 28.4 Å². The predicted molar refractivity (Wildman–Crippen MR) is 147 cm³/mol. The van der Waals surface area contributed by atoms with Gasteiger partial charge in [0.1, 0.15) is 30.4 Å². The first-order valence-corrected chi connectivity index (χ1v) is 14.2. The molecule has 0 bridgehead atoms. The number of ether oxygens (including phenoxy) is 6. The second kappa shape index (κ2) is 16.0. The minimum Gasteiger partial charge on any atom is -0.497 e. The van der Waals surface area contributed by atoms with Crippen molar-refractivity contribution in [2.45, 2.75) is 83.2 Å². The standard InChI is InChI=1S/C31H41F3O7/c1-5-8-16-38-28-27(22-12-15-25(32)23(19-22)18-21-10-13-24(36-4)14-11-21)41-26(20-40-30(35)37-7-3)31(33,34)29(28)39-17-9-6-2/h10-15,19,26-29H,5-9,16-18,20H2,1-4H3. The van der Waals surface area contributed by atoms with Gasteiger partial charge in [-0.3, -0.25) is 0 Å². The highest BCUT2D eigenvalue weighted by molar-refractivity contribution is 5.59. The zero-order valence-corrected chi connectivity index (χ0v) is 24.2. The lowest BCUT2D eigenvalue weighted by atomic mass is 9.88. The highest BCUT2D eigenvalue weighted by Gasteiger charge is 2.60. The van der Waals surface area contributed by atoms with Crippen LogP contribution in [0.1, 0.15) is 69.2 Å². The summed E-state index contributed by atoms with van der Waals surface area (Å²) in [5.41, 5.74) is 1.66. The summed E-state index contributed by atoms with van der Waals surface area (Å²) in [5.74, 6) is -3.32. The molecule has 10 heteroatoms. The first kappa shape index (κ1) is 32.7. The van der Waals surface area contributed by atoms with Crippen LogP contribution in [0, 0.1) is 5.82 Å². The van der Waals surface area contributed by atoms with Crippen LogP contribution < -0.4 is 4.74 Å². The Morgan fingerprint density at radius 1 is 0.951 bits per heavy atom. The maximum absolute atomic E-state index is 15.9. The van der Waals surface area contributed by atoms with Gasteiger partial charge in [0, 0.05) is 19.6 Å². The lowest BCUT2D eigenvalue weighted by molar-refractivity contribution is -0.314. The minimum absolute atomic E-state index is 0.0338. The topological polar surface area (TPSA) is 72.5 Å². The van der Waals surface area contributed by atoms with E-state index in [4.69, 9.17) is 28.4 Å². The van der Waals surface area contributed by atoms with Gasteiger partial charge in [-0.25, -0.2) is 18.0 Å². The molecule has 1 heterocycles. The second-order valence-corrected chi connectivity index (χ2v) is 9.92. The Bertz CT molecular complexity index is 1080. The zero-order valence-electron chi connectivity index (χ0n) is 24.2. The number of hydrogen-bond donors (Lipinski definition) is 0. The van der Waals surface area contributed by atoms with Crippen LogP contribution in [0.15, 0.2) is 42.5 Å². The first-order chi connectivity index (χ1) is 19.7. The van der Waals surface area contributed by atoms with Gasteiger partial charge in [0.15, 0.2) is 12.2 Å². The molecule has 2 aromatic rings. The van der Waals surface area contributed by atoms with E-state index in [1.165, 1.54) is 12.1 Å². The summed E-state index contributed by atoms with van der Waals surface area (Å²) in [6, 6.07) is 11.6. The number of unbranched alkanes of at least 4 members (excludes halogenated alkanes) is 2. The van der Waals surface area contributed by atoms with Gasteiger partial charge in [-0.15, -0.1) is 0 Å². The number of alkyl halides is 2. The molecule has 1 aliphatic heterocycles. The number of carbonyl (C=O) groups is 1. The van der Waals surface area contributed by atoms with Crippen LogP contribution in [0.5, 0.6) is 5.75 Å². The van der Waals surface area contributed by atoms with Crippen LogP contribution in [0.3, 0.4) is 0 Å². The Balaban J connectivity index is 1.97. The van der Waals surface area contributed by atoms with Gasteiger partial charge in [-0.2, -0.15) is 0 Å². The Morgan fingerprint density at radius 2 is 1.63 bits per heavy atom. The normalized spacial score (nSPS) is 21.8. The molecule has 0 aromatic heterocycles. The van der Waals surface area contributed by atoms with Crippen LogP contribution in [0.25, 0.3) is 0 Å². The summed E-state index contributed by atoms with van der Waals surface area (Å²) in [7, 11) is 1.56. The van der Waals surface area contributed by atoms with E-state index in [1.807, 2.05) is 26.0 Å². The lowest BCUT2D eigenvalue weighted by Crippen LogP contribution is -2.62. The second-order valence-electron chi connectivity index (χ2n) is 9.92. The monoisotopic (exact) mass is 582 g/mol. The van der Waals surface area contributed by atoms with Crippen molar-refractivity contribution in [1.82, 2.24) is 0 Å². The van der Waals surface area contributed by atoms with E-state index < -0.39 is 48.9 Å². The molecule has 0 aliphatic carbocycles. The van der Waals surface area contributed by atoms with E-state index in [-0.39, 0.29) is 26.2 Å². The zero-order chi connectivity index (χ0) is 29.8. The molecule has 0 amide bonds. The number of halogens is 3. The molecule has 4 unspecified atom stereocenters. The Labute approximate surface area is 240 Å². The van der Waals surface area contributed by atoms with Crippen molar-refractivity contribution in [2.24, 2.45) is 0 Å². The van der Waals surface area contributed by atoms with Crippen LogP contribution in [-0.4, -0.2) is 63.9 Å². The maximum Gasteiger partial charge on any atom is 0.508 e. The number of rotatable bonds is 15. The van der Waals surface area contributed by atoms with Crippen LogP contribution in [0.2, 0.25) is 0 Å². The third kappa shape index (κ3) is 8.83. The molecule has 0 saturated carbocycles. The summed E-state index contributed by atoms with van der Waals surface area (Å²) in [5, 5.41) is 0. The first-order valence-electron chi connectivity index (χ1n) is 14.2. The van der Waals surface area contributed by atoms with E-state index in [9.17, 15) is 9.18 Å². The lowest BCUT2D eigenvalue weighted by Gasteiger charge is -2.46. The highest BCUT2D eigenvalue weighted by Crippen LogP contribution is 2.44. The van der Waals surface area contributed by atoms with Gasteiger partial charge in [0.2, 0.25) is 0 Å². The molecule has 4 atom stereocenters. The molecule has 41 heavy (non-hydrogen) atoms. The van der Waals surface area contributed by atoms with Crippen molar-refractivity contribution in [3.05, 3.63) is 65.0 Å². The average Bonchev–Trinajstić information content (AvgIpc) is 2.95. The number of carbonyl (C=O) groups excluding carboxylic acids is 1. The molecule has 1 fully saturated rings. The quantitative estimate of drug-likeness (QED) is 0.165. The molecule has 0 spiro atoms. The third-order valence-corrected chi connectivity index (χ3v) is 6.89. The van der Waals surface area contributed by atoms with E-state index in [0.717, 1.165) is 18.4 Å². The fraction of sp³-hybridized carbons (Fsp3) is 0.581. The fourth-order valence-corrected chi connectivity index (χ4v) is 4.60. The van der Waals surface area contributed by atoms with E-state index in [2.05, 4.69) is 0 Å². The van der Waals surface area contributed by atoms with Gasteiger partial charge in [0.05, 0.1) is 13.7 Å². The summed E-state index contributed by atoms with van der Waals surface area (Å²) in [4.78, 5) is 11.8.